The van der Waals surface area contributed by atoms with E-state index >= 15 is 0 Å². The van der Waals surface area contributed by atoms with Crippen LogP contribution in [0.3, 0.4) is 0 Å². The highest BCUT2D eigenvalue weighted by Gasteiger charge is 2.35. The number of benzene rings is 1. The summed E-state index contributed by atoms with van der Waals surface area (Å²) in [6.07, 6.45) is 0.347. The molecule has 1 saturated heterocycles. The lowest BCUT2D eigenvalue weighted by Gasteiger charge is -2.16. The number of hydrogen-bond acceptors (Lipinski definition) is 5. The molecule has 2 atom stereocenters. The molecule has 2 rings (SSSR count). The van der Waals surface area contributed by atoms with Crippen LogP contribution < -0.4 is 10.5 Å². The SMILES string of the molecule is CC1OCCC1S(=O)(=O)CCOc1ccccc1CN. The zero-order valence-electron chi connectivity index (χ0n) is 11.6. The third-order valence-electron chi connectivity index (χ3n) is 3.59. The fourth-order valence-electron chi connectivity index (χ4n) is 2.42. The molecular weight excluding hydrogens is 278 g/mol. The largest absolute Gasteiger partial charge is 0.492 e. The molecule has 112 valence electrons. The van der Waals surface area contributed by atoms with Gasteiger partial charge in [-0.2, -0.15) is 0 Å². The average Bonchev–Trinajstić information content (AvgIpc) is 2.86. The van der Waals surface area contributed by atoms with Gasteiger partial charge in [-0.1, -0.05) is 18.2 Å². The molecule has 1 aromatic rings. The van der Waals surface area contributed by atoms with Crippen molar-refractivity contribution in [1.82, 2.24) is 0 Å². The second kappa shape index (κ2) is 6.56. The average molecular weight is 299 g/mol. The molecule has 1 aromatic carbocycles. The van der Waals surface area contributed by atoms with Crippen LogP contribution in [0.4, 0.5) is 0 Å². The first-order valence-corrected chi connectivity index (χ1v) is 8.50. The lowest BCUT2D eigenvalue weighted by atomic mass is 10.2. The maximum atomic E-state index is 12.2. The summed E-state index contributed by atoms with van der Waals surface area (Å²) in [5.41, 5.74) is 6.49. The van der Waals surface area contributed by atoms with E-state index in [2.05, 4.69) is 0 Å². The van der Waals surface area contributed by atoms with Crippen LogP contribution in [0.15, 0.2) is 24.3 Å². The molecule has 20 heavy (non-hydrogen) atoms. The molecule has 1 heterocycles. The molecule has 1 aliphatic rings. The Morgan fingerprint density at radius 2 is 2.15 bits per heavy atom. The standard InChI is InChI=1S/C14H21NO4S/c1-11-14(6-7-18-11)20(16,17)9-8-19-13-5-3-2-4-12(13)10-15/h2-5,11,14H,6-10,15H2,1H3. The molecule has 0 saturated carbocycles. The second-order valence-electron chi connectivity index (χ2n) is 4.93. The maximum absolute atomic E-state index is 12.2. The molecule has 2 N–H and O–H groups in total. The van der Waals surface area contributed by atoms with Gasteiger partial charge in [0, 0.05) is 18.7 Å². The minimum absolute atomic E-state index is 0.00424. The normalized spacial score (nSPS) is 22.9. The molecule has 0 aliphatic carbocycles. The first-order chi connectivity index (χ1) is 9.54. The van der Waals surface area contributed by atoms with Crippen LogP contribution in [-0.2, 0) is 21.1 Å². The van der Waals surface area contributed by atoms with Crippen LogP contribution in [0.25, 0.3) is 0 Å². The molecule has 0 spiro atoms. The smallest absolute Gasteiger partial charge is 0.159 e. The van der Waals surface area contributed by atoms with Gasteiger partial charge in [0.2, 0.25) is 0 Å². The quantitative estimate of drug-likeness (QED) is 0.851. The van der Waals surface area contributed by atoms with Crippen LogP contribution in [0, 0.1) is 0 Å². The number of nitrogens with two attached hydrogens (primary N) is 1. The Morgan fingerprint density at radius 1 is 1.40 bits per heavy atom. The van der Waals surface area contributed by atoms with Gasteiger partial charge in [0.15, 0.2) is 9.84 Å². The minimum atomic E-state index is -3.18. The summed E-state index contributed by atoms with van der Waals surface area (Å²) < 4.78 is 35.3. The van der Waals surface area contributed by atoms with Crippen LogP contribution >= 0.6 is 0 Å². The lowest BCUT2D eigenvalue weighted by Crippen LogP contribution is -2.32. The summed E-state index contributed by atoms with van der Waals surface area (Å²) in [5, 5.41) is -0.407. The van der Waals surface area contributed by atoms with Crippen LogP contribution in [0.1, 0.15) is 18.9 Å². The van der Waals surface area contributed by atoms with Crippen LogP contribution in [-0.4, -0.2) is 38.7 Å². The third kappa shape index (κ3) is 3.50. The van der Waals surface area contributed by atoms with Gasteiger partial charge in [0.05, 0.1) is 17.1 Å². The van der Waals surface area contributed by atoms with Crippen molar-refractivity contribution < 1.29 is 17.9 Å². The van der Waals surface area contributed by atoms with Gasteiger partial charge in [0.1, 0.15) is 12.4 Å². The van der Waals surface area contributed by atoms with E-state index < -0.39 is 15.1 Å². The Labute approximate surface area is 120 Å². The van der Waals surface area contributed by atoms with Crippen molar-refractivity contribution >= 4 is 9.84 Å². The van der Waals surface area contributed by atoms with Gasteiger partial charge in [-0.15, -0.1) is 0 Å². The first kappa shape index (κ1) is 15.3. The Morgan fingerprint density at radius 3 is 2.80 bits per heavy atom. The van der Waals surface area contributed by atoms with Gasteiger partial charge in [0.25, 0.3) is 0 Å². The van der Waals surface area contributed by atoms with Crippen molar-refractivity contribution in [3.05, 3.63) is 29.8 Å². The molecule has 5 nitrogen and oxygen atoms in total. The number of para-hydroxylation sites is 1. The molecule has 0 radical (unpaired) electrons. The van der Waals surface area contributed by atoms with E-state index in [0.717, 1.165) is 5.56 Å². The second-order valence-corrected chi connectivity index (χ2v) is 7.27. The van der Waals surface area contributed by atoms with Crippen molar-refractivity contribution in [2.75, 3.05) is 19.0 Å². The highest BCUT2D eigenvalue weighted by molar-refractivity contribution is 7.92. The van der Waals surface area contributed by atoms with Gasteiger partial charge >= 0.3 is 0 Å². The Hall–Kier alpha value is -1.11. The number of rotatable bonds is 6. The number of hydrogen-bond donors (Lipinski definition) is 1. The maximum Gasteiger partial charge on any atom is 0.159 e. The summed E-state index contributed by atoms with van der Waals surface area (Å²) in [5.74, 6) is 0.658. The summed E-state index contributed by atoms with van der Waals surface area (Å²) in [6.45, 7) is 2.83. The van der Waals surface area contributed by atoms with Crippen molar-refractivity contribution in [3.8, 4) is 5.75 Å². The molecular formula is C14H21NO4S. The van der Waals surface area contributed by atoms with Crippen molar-refractivity contribution in [1.29, 1.82) is 0 Å². The van der Waals surface area contributed by atoms with E-state index in [1.54, 1.807) is 13.0 Å². The summed E-state index contributed by atoms with van der Waals surface area (Å²) >= 11 is 0. The molecule has 1 fully saturated rings. The van der Waals surface area contributed by atoms with E-state index in [4.69, 9.17) is 15.2 Å². The van der Waals surface area contributed by atoms with Gasteiger partial charge in [-0.25, -0.2) is 8.42 Å². The number of sulfone groups is 1. The van der Waals surface area contributed by atoms with Crippen LogP contribution in [0.2, 0.25) is 0 Å². The van der Waals surface area contributed by atoms with Crippen molar-refractivity contribution in [3.63, 3.8) is 0 Å². The van der Waals surface area contributed by atoms with Crippen molar-refractivity contribution in [2.24, 2.45) is 5.73 Å². The third-order valence-corrected chi connectivity index (χ3v) is 5.86. The minimum Gasteiger partial charge on any atom is -0.492 e. The highest BCUT2D eigenvalue weighted by Crippen LogP contribution is 2.22. The van der Waals surface area contributed by atoms with E-state index in [0.29, 0.717) is 25.3 Å². The first-order valence-electron chi connectivity index (χ1n) is 6.78. The van der Waals surface area contributed by atoms with E-state index in [1.807, 2.05) is 18.2 Å². The summed E-state index contributed by atoms with van der Waals surface area (Å²) in [6, 6.07) is 7.39. The van der Waals surface area contributed by atoms with E-state index in [9.17, 15) is 8.42 Å². The Kier molecular flexibility index (Phi) is 5.01. The fourth-order valence-corrected chi connectivity index (χ4v) is 4.15. The molecule has 6 heteroatoms. The summed E-state index contributed by atoms with van der Waals surface area (Å²) in [4.78, 5) is 0. The molecule has 0 amide bonds. The summed E-state index contributed by atoms with van der Waals surface area (Å²) in [7, 11) is -3.18. The van der Waals surface area contributed by atoms with Crippen molar-refractivity contribution in [2.45, 2.75) is 31.2 Å². The lowest BCUT2D eigenvalue weighted by molar-refractivity contribution is 0.126. The Balaban J connectivity index is 1.92. The van der Waals surface area contributed by atoms with Gasteiger partial charge < -0.3 is 15.2 Å². The monoisotopic (exact) mass is 299 g/mol. The Bertz CT molecular complexity index is 544. The highest BCUT2D eigenvalue weighted by atomic mass is 32.2. The predicted molar refractivity (Wildman–Crippen MR) is 77.4 cm³/mol. The molecule has 0 aromatic heterocycles. The molecule has 2 unspecified atom stereocenters. The van der Waals surface area contributed by atoms with E-state index in [-0.39, 0.29) is 18.5 Å². The topological polar surface area (TPSA) is 78.6 Å². The zero-order chi connectivity index (χ0) is 14.6. The zero-order valence-corrected chi connectivity index (χ0v) is 12.4. The van der Waals surface area contributed by atoms with Gasteiger partial charge in [-0.05, 0) is 19.4 Å². The fraction of sp³-hybridized carbons (Fsp3) is 0.571. The van der Waals surface area contributed by atoms with E-state index in [1.165, 1.54) is 0 Å². The molecule has 0 bridgehead atoms. The van der Waals surface area contributed by atoms with Crippen LogP contribution in [0.5, 0.6) is 5.75 Å². The molecule has 1 aliphatic heterocycles. The predicted octanol–water partition coefficient (Wildman–Crippen LogP) is 1.12. The van der Waals surface area contributed by atoms with Gasteiger partial charge in [-0.3, -0.25) is 0 Å². The number of ether oxygens (including phenoxy) is 2.